The fourth-order valence-corrected chi connectivity index (χ4v) is 1.67. The van der Waals surface area contributed by atoms with Crippen molar-refractivity contribution < 1.29 is 28.6 Å². The smallest absolute Gasteiger partial charge is 0.412 e. The van der Waals surface area contributed by atoms with Crippen LogP contribution in [0.3, 0.4) is 0 Å². The van der Waals surface area contributed by atoms with Gasteiger partial charge in [-0.05, 0) is 39.8 Å². The zero-order valence-electron chi connectivity index (χ0n) is 13.9. The number of ether oxygens (including phenoxy) is 3. The summed E-state index contributed by atoms with van der Waals surface area (Å²) in [4.78, 5) is 35.6. The predicted octanol–water partition coefficient (Wildman–Crippen LogP) is 2.79. The fourth-order valence-electron chi connectivity index (χ4n) is 1.67. The highest BCUT2D eigenvalue weighted by Gasteiger charge is 2.24. The van der Waals surface area contributed by atoms with E-state index in [2.05, 4.69) is 5.32 Å². The molecule has 7 heteroatoms. The Labute approximate surface area is 134 Å². The van der Waals surface area contributed by atoms with E-state index in [1.807, 2.05) is 0 Å². The fraction of sp³-hybridized carbons (Fsp3) is 0.438. The Hall–Kier alpha value is -2.57. The first-order valence-electron chi connectivity index (χ1n) is 7.07. The van der Waals surface area contributed by atoms with Crippen LogP contribution in [0.2, 0.25) is 0 Å². The summed E-state index contributed by atoms with van der Waals surface area (Å²) in [6, 6.07) is 4.31. The lowest BCUT2D eigenvalue weighted by Crippen LogP contribution is -2.28. The Morgan fingerprint density at radius 1 is 1.17 bits per heavy atom. The SMILES string of the molecule is CCOC(=O)C(=O)c1ccc(OC)cc1NC(=O)OC(C)(C)C. The van der Waals surface area contributed by atoms with E-state index < -0.39 is 23.4 Å². The number of esters is 1. The number of anilines is 1. The second-order valence-electron chi connectivity index (χ2n) is 5.59. The first-order chi connectivity index (χ1) is 10.7. The van der Waals surface area contributed by atoms with Gasteiger partial charge in [0.05, 0.1) is 25.0 Å². The summed E-state index contributed by atoms with van der Waals surface area (Å²) in [6.07, 6.45) is -0.747. The van der Waals surface area contributed by atoms with Crippen molar-refractivity contribution >= 4 is 23.5 Å². The molecular formula is C16H21NO6. The standard InChI is InChI=1S/C16H21NO6/c1-6-22-14(19)13(18)11-8-7-10(21-5)9-12(11)17-15(20)23-16(2,3)4/h7-9H,6H2,1-5H3,(H,17,20). The van der Waals surface area contributed by atoms with Gasteiger partial charge in [-0.25, -0.2) is 9.59 Å². The van der Waals surface area contributed by atoms with Crippen molar-refractivity contribution in [2.45, 2.75) is 33.3 Å². The van der Waals surface area contributed by atoms with E-state index in [1.165, 1.54) is 25.3 Å². The van der Waals surface area contributed by atoms with Crippen LogP contribution in [0.5, 0.6) is 5.75 Å². The molecule has 0 atom stereocenters. The molecule has 1 aromatic rings. The van der Waals surface area contributed by atoms with Gasteiger partial charge in [-0.1, -0.05) is 0 Å². The quantitative estimate of drug-likeness (QED) is 0.509. The maximum atomic E-state index is 12.1. The molecule has 0 unspecified atom stereocenters. The van der Waals surface area contributed by atoms with Gasteiger partial charge in [-0.15, -0.1) is 0 Å². The molecule has 126 valence electrons. The highest BCUT2D eigenvalue weighted by molar-refractivity contribution is 6.42. The largest absolute Gasteiger partial charge is 0.497 e. The third-order valence-corrected chi connectivity index (χ3v) is 2.57. The molecule has 1 aromatic carbocycles. The summed E-state index contributed by atoms with van der Waals surface area (Å²) in [6.45, 7) is 6.81. The maximum absolute atomic E-state index is 12.1. The average Bonchev–Trinajstić information content (AvgIpc) is 2.44. The number of nitrogens with one attached hydrogen (secondary N) is 1. The third kappa shape index (κ3) is 5.61. The van der Waals surface area contributed by atoms with Gasteiger partial charge in [0, 0.05) is 6.07 Å². The minimum Gasteiger partial charge on any atom is -0.497 e. The van der Waals surface area contributed by atoms with Crippen LogP contribution in [0.25, 0.3) is 0 Å². The van der Waals surface area contributed by atoms with Crippen LogP contribution in [-0.4, -0.2) is 37.2 Å². The number of rotatable bonds is 5. The molecule has 0 aliphatic heterocycles. The van der Waals surface area contributed by atoms with Gasteiger partial charge in [-0.3, -0.25) is 10.1 Å². The van der Waals surface area contributed by atoms with Crippen LogP contribution in [0.4, 0.5) is 10.5 Å². The normalized spacial score (nSPS) is 10.7. The van der Waals surface area contributed by atoms with Crippen molar-refractivity contribution in [1.29, 1.82) is 0 Å². The monoisotopic (exact) mass is 323 g/mol. The Morgan fingerprint density at radius 3 is 2.35 bits per heavy atom. The number of benzene rings is 1. The number of Topliss-reactive ketones (excluding diaryl/α,β-unsaturated/α-hetero) is 1. The lowest BCUT2D eigenvalue weighted by atomic mass is 10.1. The van der Waals surface area contributed by atoms with Gasteiger partial charge in [-0.2, -0.15) is 0 Å². The van der Waals surface area contributed by atoms with Crippen molar-refractivity contribution in [3.05, 3.63) is 23.8 Å². The second kappa shape index (κ2) is 7.62. The summed E-state index contributed by atoms with van der Waals surface area (Å²) in [5.74, 6) is -1.44. The van der Waals surface area contributed by atoms with Gasteiger partial charge in [0.25, 0.3) is 5.78 Å². The van der Waals surface area contributed by atoms with Crippen LogP contribution in [0.15, 0.2) is 18.2 Å². The van der Waals surface area contributed by atoms with Crippen LogP contribution < -0.4 is 10.1 Å². The molecule has 0 bridgehead atoms. The van der Waals surface area contributed by atoms with Gasteiger partial charge in [0.2, 0.25) is 0 Å². The summed E-state index contributed by atoms with van der Waals surface area (Å²) in [7, 11) is 1.44. The number of carbonyl (C=O) groups is 3. The molecule has 0 aliphatic carbocycles. The average molecular weight is 323 g/mol. The topological polar surface area (TPSA) is 90.9 Å². The number of hydrogen-bond donors (Lipinski definition) is 1. The first-order valence-corrected chi connectivity index (χ1v) is 7.07. The highest BCUT2D eigenvalue weighted by Crippen LogP contribution is 2.24. The molecule has 1 amide bonds. The van der Waals surface area contributed by atoms with Crippen molar-refractivity contribution in [3.8, 4) is 5.75 Å². The zero-order chi connectivity index (χ0) is 17.6. The molecule has 0 saturated heterocycles. The number of ketones is 1. The van der Waals surface area contributed by atoms with Gasteiger partial charge >= 0.3 is 12.1 Å². The van der Waals surface area contributed by atoms with Crippen LogP contribution >= 0.6 is 0 Å². The van der Waals surface area contributed by atoms with Crippen LogP contribution in [-0.2, 0) is 14.3 Å². The molecule has 0 spiro atoms. The second-order valence-corrected chi connectivity index (χ2v) is 5.59. The molecular weight excluding hydrogens is 302 g/mol. The summed E-state index contributed by atoms with van der Waals surface area (Å²) >= 11 is 0. The summed E-state index contributed by atoms with van der Waals surface area (Å²) < 4.78 is 14.9. The van der Waals surface area contributed by atoms with E-state index in [0.717, 1.165) is 0 Å². The summed E-state index contributed by atoms with van der Waals surface area (Å²) in [5.41, 5.74) is -0.597. The van der Waals surface area contributed by atoms with Gasteiger partial charge < -0.3 is 14.2 Å². The maximum Gasteiger partial charge on any atom is 0.412 e. The summed E-state index contributed by atoms with van der Waals surface area (Å²) in [5, 5.41) is 2.45. The van der Waals surface area contributed by atoms with E-state index in [0.29, 0.717) is 5.75 Å². The lowest BCUT2D eigenvalue weighted by molar-refractivity contribution is -0.137. The molecule has 0 fully saturated rings. The Morgan fingerprint density at radius 2 is 1.83 bits per heavy atom. The number of carbonyl (C=O) groups excluding carboxylic acids is 3. The van der Waals surface area contributed by atoms with Crippen molar-refractivity contribution in [3.63, 3.8) is 0 Å². The molecule has 0 radical (unpaired) electrons. The third-order valence-electron chi connectivity index (χ3n) is 2.57. The molecule has 0 aliphatic rings. The highest BCUT2D eigenvalue weighted by atomic mass is 16.6. The van der Waals surface area contributed by atoms with Gasteiger partial charge in [0.1, 0.15) is 11.4 Å². The molecule has 1 N–H and O–H groups in total. The number of hydrogen-bond acceptors (Lipinski definition) is 6. The predicted molar refractivity (Wildman–Crippen MR) is 83.8 cm³/mol. The van der Waals surface area contributed by atoms with Crippen molar-refractivity contribution in [2.75, 3.05) is 19.0 Å². The molecule has 0 saturated carbocycles. The van der Waals surface area contributed by atoms with E-state index in [9.17, 15) is 14.4 Å². The lowest BCUT2D eigenvalue weighted by Gasteiger charge is -2.20. The van der Waals surface area contributed by atoms with E-state index in [-0.39, 0.29) is 17.9 Å². The van der Waals surface area contributed by atoms with Crippen LogP contribution in [0.1, 0.15) is 38.1 Å². The number of methoxy groups -OCH3 is 1. The minimum absolute atomic E-state index is 0.00453. The first kappa shape index (κ1) is 18.5. The molecule has 1 rings (SSSR count). The van der Waals surface area contributed by atoms with Crippen LogP contribution in [0, 0.1) is 0 Å². The van der Waals surface area contributed by atoms with Crippen molar-refractivity contribution in [1.82, 2.24) is 0 Å². The minimum atomic E-state index is -0.995. The van der Waals surface area contributed by atoms with E-state index in [4.69, 9.17) is 14.2 Å². The Balaban J connectivity index is 3.10. The van der Waals surface area contributed by atoms with E-state index >= 15 is 0 Å². The van der Waals surface area contributed by atoms with E-state index in [1.54, 1.807) is 27.7 Å². The number of amides is 1. The Bertz CT molecular complexity index is 603. The van der Waals surface area contributed by atoms with Gasteiger partial charge in [0.15, 0.2) is 0 Å². The molecule has 7 nitrogen and oxygen atoms in total. The molecule has 23 heavy (non-hydrogen) atoms. The Kier molecular flexibility index (Phi) is 6.12. The van der Waals surface area contributed by atoms with Crippen molar-refractivity contribution in [2.24, 2.45) is 0 Å². The zero-order valence-corrected chi connectivity index (χ0v) is 13.9. The molecule has 0 heterocycles. The molecule has 0 aromatic heterocycles.